The second kappa shape index (κ2) is 6.15. The van der Waals surface area contributed by atoms with Gasteiger partial charge in [0.25, 0.3) is 0 Å². The van der Waals surface area contributed by atoms with Gasteiger partial charge < -0.3 is 5.32 Å². The first-order valence-corrected chi connectivity index (χ1v) is 6.44. The quantitative estimate of drug-likeness (QED) is 0.770. The topological polar surface area (TPSA) is 12.0 Å². The van der Waals surface area contributed by atoms with Gasteiger partial charge in [-0.2, -0.15) is 11.8 Å². The predicted molar refractivity (Wildman–Crippen MR) is 63.0 cm³/mol. The highest BCUT2D eigenvalue weighted by molar-refractivity contribution is 7.99. The summed E-state index contributed by atoms with van der Waals surface area (Å²) in [6.07, 6.45) is 8.59. The van der Waals surface area contributed by atoms with Crippen LogP contribution in [0, 0.1) is 0 Å². The first-order chi connectivity index (χ1) is 5.95. The van der Waals surface area contributed by atoms with Crippen LogP contribution in [0.5, 0.6) is 0 Å². The highest BCUT2D eigenvalue weighted by Gasteiger charge is 2.20. The molecule has 1 saturated heterocycles. The molecule has 1 aliphatic heterocycles. The summed E-state index contributed by atoms with van der Waals surface area (Å²) in [4.78, 5) is 0. The van der Waals surface area contributed by atoms with Gasteiger partial charge in [-0.1, -0.05) is 12.8 Å². The molecule has 3 heteroatoms. The first-order valence-electron chi connectivity index (χ1n) is 5.29. The van der Waals surface area contributed by atoms with Gasteiger partial charge in [0.2, 0.25) is 0 Å². The van der Waals surface area contributed by atoms with Gasteiger partial charge in [0, 0.05) is 12.1 Å². The highest BCUT2D eigenvalue weighted by atomic mass is 35.5. The molecule has 0 aromatic heterocycles. The second-order valence-corrected chi connectivity index (χ2v) is 5.26. The van der Waals surface area contributed by atoms with Crippen LogP contribution in [0.15, 0.2) is 0 Å². The Morgan fingerprint density at radius 1 is 0.846 bits per heavy atom. The number of halogens is 1. The maximum Gasteiger partial charge on any atom is 0.00853 e. The van der Waals surface area contributed by atoms with Crippen molar-refractivity contribution in [3.63, 3.8) is 0 Å². The van der Waals surface area contributed by atoms with Crippen molar-refractivity contribution < 1.29 is 0 Å². The first kappa shape index (κ1) is 11.7. The maximum atomic E-state index is 3.80. The van der Waals surface area contributed by atoms with E-state index in [9.17, 15) is 0 Å². The Bertz CT molecular complexity index is 131. The Morgan fingerprint density at radius 2 is 1.38 bits per heavy atom. The van der Waals surface area contributed by atoms with Crippen molar-refractivity contribution >= 4 is 24.2 Å². The van der Waals surface area contributed by atoms with E-state index in [1.807, 2.05) is 0 Å². The minimum absolute atomic E-state index is 0. The Morgan fingerprint density at radius 3 is 2.00 bits per heavy atom. The van der Waals surface area contributed by atoms with Gasteiger partial charge in [-0.05, 0) is 37.2 Å². The van der Waals surface area contributed by atoms with Crippen molar-refractivity contribution in [1.82, 2.24) is 5.32 Å². The van der Waals surface area contributed by atoms with Gasteiger partial charge >= 0.3 is 0 Å². The number of thioether (sulfide) groups is 1. The minimum atomic E-state index is 0. The molecular weight excluding hydrogens is 202 g/mol. The summed E-state index contributed by atoms with van der Waals surface area (Å²) >= 11 is 2.12. The van der Waals surface area contributed by atoms with Gasteiger partial charge in [0.05, 0.1) is 0 Å². The van der Waals surface area contributed by atoms with Gasteiger partial charge in [0.1, 0.15) is 0 Å². The van der Waals surface area contributed by atoms with Crippen LogP contribution in [0.1, 0.15) is 38.5 Å². The number of hydrogen-bond acceptors (Lipinski definition) is 2. The molecule has 1 nitrogen and oxygen atoms in total. The van der Waals surface area contributed by atoms with E-state index in [2.05, 4.69) is 17.1 Å². The summed E-state index contributed by atoms with van der Waals surface area (Å²) < 4.78 is 0. The molecular formula is C10H20ClNS. The number of rotatable bonds is 2. The summed E-state index contributed by atoms with van der Waals surface area (Å²) in [5.41, 5.74) is 0. The van der Waals surface area contributed by atoms with Crippen molar-refractivity contribution in [3.05, 3.63) is 0 Å². The standard InChI is InChI=1S/C10H19NS.ClH/c1-2-4-9(3-1)11-10-5-7-12-8-6-10;/h9-11H,1-8H2;1H. The third-order valence-electron chi connectivity index (χ3n) is 3.05. The molecule has 78 valence electrons. The number of nitrogens with one attached hydrogen (secondary N) is 1. The van der Waals surface area contributed by atoms with E-state index < -0.39 is 0 Å². The molecule has 1 N–H and O–H groups in total. The molecule has 0 aromatic rings. The van der Waals surface area contributed by atoms with Crippen molar-refractivity contribution in [2.75, 3.05) is 11.5 Å². The van der Waals surface area contributed by atoms with Crippen LogP contribution in [-0.2, 0) is 0 Å². The molecule has 1 heterocycles. The summed E-state index contributed by atoms with van der Waals surface area (Å²) in [7, 11) is 0. The predicted octanol–water partition coefficient (Wildman–Crippen LogP) is 2.84. The summed E-state index contributed by atoms with van der Waals surface area (Å²) in [6.45, 7) is 0. The lowest BCUT2D eigenvalue weighted by molar-refractivity contribution is 0.410. The normalized spacial score (nSPS) is 25.8. The zero-order valence-corrected chi connectivity index (χ0v) is 9.76. The number of hydrogen-bond donors (Lipinski definition) is 1. The minimum Gasteiger partial charge on any atom is -0.311 e. The fourth-order valence-electron chi connectivity index (χ4n) is 2.29. The Kier molecular flexibility index (Phi) is 5.52. The average Bonchev–Trinajstić information content (AvgIpc) is 2.59. The lowest BCUT2D eigenvalue weighted by Crippen LogP contribution is -2.38. The smallest absolute Gasteiger partial charge is 0.00853 e. The van der Waals surface area contributed by atoms with Gasteiger partial charge in [-0.25, -0.2) is 0 Å². The molecule has 0 spiro atoms. The Labute approximate surface area is 91.8 Å². The van der Waals surface area contributed by atoms with Gasteiger partial charge in [-0.15, -0.1) is 12.4 Å². The van der Waals surface area contributed by atoms with Crippen LogP contribution < -0.4 is 5.32 Å². The van der Waals surface area contributed by atoms with Crippen LogP contribution >= 0.6 is 24.2 Å². The molecule has 2 aliphatic rings. The van der Waals surface area contributed by atoms with Crippen LogP contribution in [0.4, 0.5) is 0 Å². The molecule has 0 radical (unpaired) electrons. The largest absolute Gasteiger partial charge is 0.311 e. The van der Waals surface area contributed by atoms with Crippen molar-refractivity contribution in [3.8, 4) is 0 Å². The second-order valence-electron chi connectivity index (χ2n) is 4.03. The van der Waals surface area contributed by atoms with Crippen LogP contribution in [0.25, 0.3) is 0 Å². The molecule has 2 rings (SSSR count). The van der Waals surface area contributed by atoms with Crippen molar-refractivity contribution in [1.29, 1.82) is 0 Å². The summed E-state index contributed by atoms with van der Waals surface area (Å²) in [6, 6.07) is 1.73. The molecule has 0 amide bonds. The van der Waals surface area contributed by atoms with E-state index in [-0.39, 0.29) is 12.4 Å². The SMILES string of the molecule is C1CCC(NC2CCSCC2)C1.Cl. The lowest BCUT2D eigenvalue weighted by Gasteiger charge is -2.26. The van der Waals surface area contributed by atoms with Crippen LogP contribution in [-0.4, -0.2) is 23.6 Å². The molecule has 0 atom stereocenters. The van der Waals surface area contributed by atoms with E-state index in [1.54, 1.807) is 0 Å². The summed E-state index contributed by atoms with van der Waals surface area (Å²) in [5.74, 6) is 2.76. The van der Waals surface area contributed by atoms with E-state index in [1.165, 1.54) is 50.0 Å². The lowest BCUT2D eigenvalue weighted by atomic mass is 10.1. The van der Waals surface area contributed by atoms with E-state index >= 15 is 0 Å². The monoisotopic (exact) mass is 221 g/mol. The zero-order chi connectivity index (χ0) is 8.23. The van der Waals surface area contributed by atoms with E-state index in [0.717, 1.165) is 12.1 Å². The third-order valence-corrected chi connectivity index (χ3v) is 4.10. The van der Waals surface area contributed by atoms with Crippen LogP contribution in [0.2, 0.25) is 0 Å². The molecule has 1 aliphatic carbocycles. The molecule has 0 aromatic carbocycles. The molecule has 0 unspecified atom stereocenters. The molecule has 13 heavy (non-hydrogen) atoms. The fraction of sp³-hybridized carbons (Fsp3) is 1.00. The third kappa shape index (κ3) is 3.69. The molecule has 2 fully saturated rings. The fourth-order valence-corrected chi connectivity index (χ4v) is 3.40. The van der Waals surface area contributed by atoms with Gasteiger partial charge in [-0.3, -0.25) is 0 Å². The Balaban J connectivity index is 0.000000845. The highest BCUT2D eigenvalue weighted by Crippen LogP contribution is 2.22. The molecule has 1 saturated carbocycles. The Hall–Kier alpha value is 0.600. The van der Waals surface area contributed by atoms with E-state index in [0.29, 0.717) is 0 Å². The molecule has 0 bridgehead atoms. The van der Waals surface area contributed by atoms with E-state index in [4.69, 9.17) is 0 Å². The van der Waals surface area contributed by atoms with Crippen molar-refractivity contribution in [2.45, 2.75) is 50.6 Å². The van der Waals surface area contributed by atoms with Crippen LogP contribution in [0.3, 0.4) is 0 Å². The zero-order valence-electron chi connectivity index (χ0n) is 8.13. The summed E-state index contributed by atoms with van der Waals surface area (Å²) in [5, 5.41) is 3.80. The van der Waals surface area contributed by atoms with Crippen molar-refractivity contribution in [2.24, 2.45) is 0 Å². The van der Waals surface area contributed by atoms with Gasteiger partial charge in [0.15, 0.2) is 0 Å². The maximum absolute atomic E-state index is 3.80. The average molecular weight is 222 g/mol.